The zero-order valence-electron chi connectivity index (χ0n) is 16.4. The zero-order valence-corrected chi connectivity index (χ0v) is 16.4. The number of halogens is 3. The maximum absolute atomic E-state index is 13.4. The van der Waals surface area contributed by atoms with Crippen LogP contribution in [0.2, 0.25) is 0 Å². The van der Waals surface area contributed by atoms with Gasteiger partial charge in [0.1, 0.15) is 0 Å². The molecule has 1 aromatic heterocycles. The molecule has 152 valence electrons. The number of carbonyl (C=O) groups excluding carboxylic acids is 1. The van der Waals surface area contributed by atoms with Gasteiger partial charge in [-0.1, -0.05) is 13.8 Å². The molecule has 2 aromatic rings. The summed E-state index contributed by atoms with van der Waals surface area (Å²) >= 11 is 0. The number of benzene rings is 1. The van der Waals surface area contributed by atoms with E-state index in [0.717, 1.165) is 30.7 Å². The number of anilines is 1. The van der Waals surface area contributed by atoms with E-state index in [1.54, 1.807) is 24.8 Å². The summed E-state index contributed by atoms with van der Waals surface area (Å²) < 4.78 is 42.2. The lowest BCUT2D eigenvalue weighted by Gasteiger charge is -2.43. The van der Waals surface area contributed by atoms with Gasteiger partial charge >= 0.3 is 6.18 Å². The number of aromatic nitrogens is 2. The third kappa shape index (κ3) is 4.04. The van der Waals surface area contributed by atoms with Crippen LogP contribution in [0.3, 0.4) is 0 Å². The van der Waals surface area contributed by atoms with Crippen LogP contribution in [0.1, 0.15) is 44.7 Å². The smallest absolute Gasteiger partial charge is 0.310 e. The van der Waals surface area contributed by atoms with Gasteiger partial charge in [0, 0.05) is 30.7 Å². The molecule has 8 heteroatoms. The average molecular weight is 402 g/mol. The molecule has 1 aliphatic carbocycles. The monoisotopic (exact) mass is 402 g/mol. The maximum atomic E-state index is 13.4. The third-order valence-corrected chi connectivity index (χ3v) is 5.34. The second-order valence-corrected chi connectivity index (χ2v) is 7.79. The van der Waals surface area contributed by atoms with Crippen LogP contribution in [0.15, 0.2) is 43.0 Å². The molecule has 1 aliphatic rings. The summed E-state index contributed by atoms with van der Waals surface area (Å²) in [5.74, 6) is -0.371. The van der Waals surface area contributed by atoms with Crippen molar-refractivity contribution in [3.05, 3.63) is 54.1 Å². The highest BCUT2D eigenvalue weighted by molar-refractivity contribution is 5.93. The van der Waals surface area contributed by atoms with E-state index in [-0.39, 0.29) is 17.0 Å². The van der Waals surface area contributed by atoms with Crippen molar-refractivity contribution in [3.63, 3.8) is 0 Å². The topological polar surface area (TPSA) is 61.9 Å². The SMILES string of the molecule is CC(=O)N(c1ccc(C#N)c(C(F)(F)F)c1)C1C=C(n2ccnc2)CCC1(C)C. The molecular weight excluding hydrogens is 381 g/mol. The number of imidazole rings is 1. The summed E-state index contributed by atoms with van der Waals surface area (Å²) in [4.78, 5) is 18.0. The Morgan fingerprint density at radius 1 is 1.38 bits per heavy atom. The van der Waals surface area contributed by atoms with Gasteiger partial charge in [-0.15, -0.1) is 0 Å². The molecule has 0 bridgehead atoms. The van der Waals surface area contributed by atoms with Gasteiger partial charge in [-0.3, -0.25) is 4.79 Å². The first-order valence-corrected chi connectivity index (χ1v) is 9.15. The molecule has 0 aliphatic heterocycles. The van der Waals surface area contributed by atoms with Crippen molar-refractivity contribution in [3.8, 4) is 6.07 Å². The maximum Gasteiger partial charge on any atom is 0.417 e. The Morgan fingerprint density at radius 3 is 2.66 bits per heavy atom. The van der Waals surface area contributed by atoms with Crippen LogP contribution in [0.4, 0.5) is 18.9 Å². The summed E-state index contributed by atoms with van der Waals surface area (Å²) in [7, 11) is 0. The van der Waals surface area contributed by atoms with Gasteiger partial charge in [-0.05, 0) is 42.5 Å². The second-order valence-electron chi connectivity index (χ2n) is 7.79. The van der Waals surface area contributed by atoms with Crippen molar-refractivity contribution < 1.29 is 18.0 Å². The van der Waals surface area contributed by atoms with E-state index in [1.165, 1.54) is 17.9 Å². The van der Waals surface area contributed by atoms with Crippen LogP contribution in [0, 0.1) is 16.7 Å². The second kappa shape index (κ2) is 7.39. The van der Waals surface area contributed by atoms with Crippen LogP contribution >= 0.6 is 0 Å². The molecule has 0 radical (unpaired) electrons. The molecule has 1 atom stereocenters. The number of nitriles is 1. The Bertz CT molecular complexity index is 984. The van der Waals surface area contributed by atoms with E-state index < -0.39 is 23.3 Å². The van der Waals surface area contributed by atoms with E-state index in [2.05, 4.69) is 4.98 Å². The summed E-state index contributed by atoms with van der Waals surface area (Å²) in [6.45, 7) is 5.31. The van der Waals surface area contributed by atoms with Crippen LogP contribution < -0.4 is 4.90 Å². The van der Waals surface area contributed by atoms with Gasteiger partial charge < -0.3 is 9.47 Å². The Hall–Kier alpha value is -3.08. The Balaban J connectivity index is 2.13. The number of carbonyl (C=O) groups is 1. The first kappa shape index (κ1) is 20.6. The molecule has 0 saturated heterocycles. The Morgan fingerprint density at radius 2 is 2.10 bits per heavy atom. The molecule has 1 amide bonds. The molecule has 3 rings (SSSR count). The highest BCUT2D eigenvalue weighted by Gasteiger charge is 2.40. The number of hydrogen-bond donors (Lipinski definition) is 0. The third-order valence-electron chi connectivity index (χ3n) is 5.34. The Labute approximate surface area is 167 Å². The van der Waals surface area contributed by atoms with E-state index in [1.807, 2.05) is 24.5 Å². The summed E-state index contributed by atoms with van der Waals surface area (Å²) in [6, 6.07) is 4.51. The van der Waals surface area contributed by atoms with Crippen LogP contribution in [0.5, 0.6) is 0 Å². The normalized spacial score (nSPS) is 18.7. The highest BCUT2D eigenvalue weighted by atomic mass is 19.4. The van der Waals surface area contributed by atoms with Crippen LogP contribution in [0.25, 0.3) is 5.70 Å². The van der Waals surface area contributed by atoms with Crippen molar-refractivity contribution >= 4 is 17.3 Å². The lowest BCUT2D eigenvalue weighted by Crippen LogP contribution is -2.48. The largest absolute Gasteiger partial charge is 0.417 e. The molecule has 0 saturated carbocycles. The number of rotatable bonds is 3. The first-order valence-electron chi connectivity index (χ1n) is 9.15. The summed E-state index contributed by atoms with van der Waals surface area (Å²) in [6.07, 6.45) is 3.82. The predicted octanol–water partition coefficient (Wildman–Crippen LogP) is 4.86. The lowest BCUT2D eigenvalue weighted by molar-refractivity contribution is -0.137. The van der Waals surface area contributed by atoms with E-state index >= 15 is 0 Å². The van der Waals surface area contributed by atoms with Crippen molar-refractivity contribution in [2.75, 3.05) is 4.90 Å². The molecule has 0 spiro atoms. The minimum Gasteiger partial charge on any atom is -0.310 e. The number of nitrogens with zero attached hydrogens (tertiary/aromatic N) is 4. The standard InChI is InChI=1S/C21H21F3N4O/c1-14(29)28(17-5-4-15(12-25)18(10-17)21(22,23)24)19-11-16(6-7-20(19,2)3)27-9-8-26-13-27/h4-5,8-11,13,19H,6-7H2,1-3H3. The average Bonchev–Trinajstić information content (AvgIpc) is 3.17. The van der Waals surface area contributed by atoms with Crippen molar-refractivity contribution in [2.24, 2.45) is 5.41 Å². The molecular formula is C21H21F3N4O. The van der Waals surface area contributed by atoms with E-state index in [0.29, 0.717) is 0 Å². The minimum atomic E-state index is -4.69. The quantitative estimate of drug-likeness (QED) is 0.737. The number of amides is 1. The fourth-order valence-electron chi connectivity index (χ4n) is 3.71. The highest BCUT2D eigenvalue weighted by Crippen LogP contribution is 2.42. The van der Waals surface area contributed by atoms with Gasteiger partial charge in [0.05, 0.1) is 29.6 Å². The lowest BCUT2D eigenvalue weighted by atomic mass is 9.74. The molecule has 5 nitrogen and oxygen atoms in total. The van der Waals surface area contributed by atoms with Gasteiger partial charge in [-0.2, -0.15) is 18.4 Å². The minimum absolute atomic E-state index is 0.116. The van der Waals surface area contributed by atoms with Crippen LogP contribution in [-0.2, 0) is 11.0 Å². The molecule has 0 fully saturated rings. The summed E-state index contributed by atoms with van der Waals surface area (Å²) in [5, 5.41) is 9.04. The van der Waals surface area contributed by atoms with E-state index in [4.69, 9.17) is 5.26 Å². The van der Waals surface area contributed by atoms with Crippen molar-refractivity contribution in [2.45, 2.75) is 45.8 Å². The molecule has 29 heavy (non-hydrogen) atoms. The fraction of sp³-hybridized carbons (Fsp3) is 0.381. The van der Waals surface area contributed by atoms with Crippen LogP contribution in [-0.4, -0.2) is 21.5 Å². The first-order chi connectivity index (χ1) is 13.5. The van der Waals surface area contributed by atoms with Gasteiger partial charge in [-0.25, -0.2) is 4.98 Å². The zero-order chi connectivity index (χ0) is 21.4. The Kier molecular flexibility index (Phi) is 5.26. The summed E-state index contributed by atoms with van der Waals surface area (Å²) in [5.41, 5.74) is -0.825. The van der Waals surface area contributed by atoms with Crippen molar-refractivity contribution in [1.29, 1.82) is 5.26 Å². The fourth-order valence-corrected chi connectivity index (χ4v) is 3.71. The number of hydrogen-bond acceptors (Lipinski definition) is 3. The number of allylic oxidation sites excluding steroid dienone is 1. The predicted molar refractivity (Wildman–Crippen MR) is 103 cm³/mol. The van der Waals surface area contributed by atoms with E-state index in [9.17, 15) is 18.0 Å². The molecule has 1 aromatic carbocycles. The molecule has 1 unspecified atom stereocenters. The number of alkyl halides is 3. The van der Waals surface area contributed by atoms with Crippen molar-refractivity contribution in [1.82, 2.24) is 9.55 Å². The molecule has 1 heterocycles. The van der Waals surface area contributed by atoms with Gasteiger partial charge in [0.25, 0.3) is 0 Å². The molecule has 0 N–H and O–H groups in total. The van der Waals surface area contributed by atoms with Gasteiger partial charge in [0.15, 0.2) is 0 Å². The van der Waals surface area contributed by atoms with Gasteiger partial charge in [0.2, 0.25) is 5.91 Å².